The largest absolute Gasteiger partial charge is 0.475 e. The van der Waals surface area contributed by atoms with Crippen LogP contribution in [-0.2, 0) is 9.31 Å². The third kappa shape index (κ3) is 1.76. The summed E-state index contributed by atoms with van der Waals surface area (Å²) in [6.07, 6.45) is 5.33. The Morgan fingerprint density at radius 1 is 1.21 bits per heavy atom. The lowest BCUT2D eigenvalue weighted by Gasteiger charge is -2.64. The molecule has 1 N–H and O–H groups in total. The first-order valence-electron chi connectivity index (χ1n) is 7.58. The normalized spacial score (nSPS) is 50.4. The maximum Gasteiger partial charge on any atom is 0.475 e. The van der Waals surface area contributed by atoms with Gasteiger partial charge < -0.3 is 14.6 Å². The summed E-state index contributed by atoms with van der Waals surface area (Å²) in [5.74, 6) is 1.95. The van der Waals surface area contributed by atoms with E-state index in [2.05, 4.69) is 26.1 Å². The number of hydrogen-bond donors (Lipinski definition) is 1. The maximum absolute atomic E-state index is 6.44. The zero-order valence-electron chi connectivity index (χ0n) is 12.1. The van der Waals surface area contributed by atoms with Gasteiger partial charge in [0.05, 0.1) is 11.7 Å². The topological polar surface area (TPSA) is 30.5 Å². The Morgan fingerprint density at radius 2 is 2.00 bits per heavy atom. The van der Waals surface area contributed by atoms with Crippen molar-refractivity contribution in [2.45, 2.75) is 64.1 Å². The molecule has 0 spiro atoms. The predicted molar refractivity (Wildman–Crippen MR) is 78.4 cm³/mol. The van der Waals surface area contributed by atoms with Gasteiger partial charge in [-0.3, -0.25) is 0 Å². The molecule has 19 heavy (non-hydrogen) atoms. The van der Waals surface area contributed by atoms with E-state index in [0.717, 1.165) is 12.5 Å². The average molecular weight is 286 g/mol. The van der Waals surface area contributed by atoms with Crippen molar-refractivity contribution in [1.82, 2.24) is 5.32 Å². The van der Waals surface area contributed by atoms with Crippen LogP contribution < -0.4 is 5.32 Å². The third-order valence-corrected chi connectivity index (χ3v) is 6.40. The van der Waals surface area contributed by atoms with Gasteiger partial charge in [0.15, 0.2) is 0 Å². The van der Waals surface area contributed by atoms with Crippen LogP contribution in [0.1, 0.15) is 46.5 Å². The highest BCUT2D eigenvalue weighted by Crippen LogP contribution is 2.65. The molecule has 3 nitrogen and oxygen atoms in total. The summed E-state index contributed by atoms with van der Waals surface area (Å²) in [6, 6.07) is 0. The van der Waals surface area contributed by atoms with Gasteiger partial charge in [0.1, 0.15) is 0 Å². The molecule has 5 heteroatoms. The highest BCUT2D eigenvalue weighted by Gasteiger charge is 2.68. The van der Waals surface area contributed by atoms with E-state index < -0.39 is 0 Å². The van der Waals surface area contributed by atoms with E-state index >= 15 is 0 Å². The Kier molecular flexibility index (Phi) is 3.26. The van der Waals surface area contributed by atoms with E-state index in [9.17, 15) is 0 Å². The molecule has 0 aromatic carbocycles. The number of hydrogen-bond acceptors (Lipinski definition) is 3. The molecule has 2 bridgehead atoms. The van der Waals surface area contributed by atoms with Gasteiger partial charge in [-0.05, 0) is 56.4 Å². The van der Waals surface area contributed by atoms with E-state index in [1.807, 2.05) is 0 Å². The van der Waals surface area contributed by atoms with Crippen molar-refractivity contribution in [1.29, 1.82) is 0 Å². The van der Waals surface area contributed by atoms with E-state index in [1.165, 1.54) is 25.7 Å². The molecule has 0 amide bonds. The molecule has 5 fully saturated rings. The quantitative estimate of drug-likeness (QED) is 0.751. The summed E-state index contributed by atoms with van der Waals surface area (Å²) >= 11 is 0. The molecule has 5 aliphatic rings. The summed E-state index contributed by atoms with van der Waals surface area (Å²) in [6.45, 7) is 8.25. The third-order valence-electron chi connectivity index (χ3n) is 6.40. The van der Waals surface area contributed by atoms with Crippen LogP contribution in [0.2, 0.25) is 0 Å². The fraction of sp³-hybridized carbons (Fsp3) is 1.00. The van der Waals surface area contributed by atoms with E-state index in [4.69, 9.17) is 9.31 Å². The highest BCUT2D eigenvalue weighted by molar-refractivity contribution is 6.47. The van der Waals surface area contributed by atoms with Gasteiger partial charge in [0.2, 0.25) is 0 Å². The first-order valence-corrected chi connectivity index (χ1v) is 7.58. The average Bonchev–Trinajstić information content (AvgIpc) is 2.92. The molecule has 3 aliphatic carbocycles. The Labute approximate surface area is 122 Å². The molecule has 2 heterocycles. The first kappa shape index (κ1) is 14.2. The fourth-order valence-electron chi connectivity index (χ4n) is 5.01. The number of nitrogens with one attached hydrogen (secondary N) is 1. The second-order valence-electron chi connectivity index (χ2n) is 7.54. The fourth-order valence-corrected chi connectivity index (χ4v) is 5.01. The van der Waals surface area contributed by atoms with Crippen LogP contribution in [0.15, 0.2) is 0 Å². The van der Waals surface area contributed by atoms with Gasteiger partial charge in [0.25, 0.3) is 0 Å². The molecular formula is C14H25BClNO2. The van der Waals surface area contributed by atoms with E-state index in [-0.39, 0.29) is 25.1 Å². The van der Waals surface area contributed by atoms with Crippen molar-refractivity contribution in [2.75, 3.05) is 6.54 Å². The van der Waals surface area contributed by atoms with Crippen molar-refractivity contribution in [3.8, 4) is 0 Å². The lowest BCUT2D eigenvalue weighted by Crippen LogP contribution is -2.65. The minimum absolute atomic E-state index is 0. The molecule has 0 radical (unpaired) electrons. The predicted octanol–water partition coefficient (Wildman–Crippen LogP) is 2.43. The van der Waals surface area contributed by atoms with Crippen molar-refractivity contribution >= 4 is 19.5 Å². The smallest absolute Gasteiger partial charge is 0.404 e. The molecule has 2 saturated heterocycles. The summed E-state index contributed by atoms with van der Waals surface area (Å²) in [5, 5.41) is 3.52. The standard InChI is InChI=1S/C14H24BNO2.ClH/c1-13(2)9-7-10(13)14(3)11(8-9)17-15(18-14)12-5-4-6-16-12;/h9-12,16H,4-8H2,1-3H3;1H/t9-,10-,11+,12-,14?;/m1./s1. The maximum atomic E-state index is 6.44. The lowest BCUT2D eigenvalue weighted by atomic mass is 9.43. The van der Waals surface area contributed by atoms with Crippen molar-refractivity contribution in [3.63, 3.8) is 0 Å². The molecule has 5 atom stereocenters. The van der Waals surface area contributed by atoms with Crippen LogP contribution in [0.4, 0.5) is 0 Å². The van der Waals surface area contributed by atoms with Crippen LogP contribution >= 0.6 is 12.4 Å². The van der Waals surface area contributed by atoms with Gasteiger partial charge >= 0.3 is 7.12 Å². The zero-order chi connectivity index (χ0) is 12.5. The summed E-state index contributed by atoms with van der Waals surface area (Å²) in [4.78, 5) is 0. The van der Waals surface area contributed by atoms with Gasteiger partial charge in [-0.15, -0.1) is 12.4 Å². The van der Waals surface area contributed by atoms with Crippen LogP contribution in [0.25, 0.3) is 0 Å². The molecule has 5 rings (SSSR count). The summed E-state index contributed by atoms with van der Waals surface area (Å²) < 4.78 is 12.7. The second-order valence-corrected chi connectivity index (χ2v) is 7.54. The van der Waals surface area contributed by atoms with Gasteiger partial charge in [-0.2, -0.15) is 0 Å². The van der Waals surface area contributed by atoms with Crippen LogP contribution in [0.5, 0.6) is 0 Å². The highest BCUT2D eigenvalue weighted by atomic mass is 35.5. The minimum atomic E-state index is -0.0345. The van der Waals surface area contributed by atoms with Crippen LogP contribution in [0, 0.1) is 17.3 Å². The van der Waals surface area contributed by atoms with Crippen LogP contribution in [-0.4, -0.2) is 31.3 Å². The van der Waals surface area contributed by atoms with Crippen LogP contribution in [0.3, 0.4) is 0 Å². The minimum Gasteiger partial charge on any atom is -0.404 e. The SMILES string of the molecule is CC1(C)[C@H]2C[C@@H]3OB([C@H]4CCCN4)OC3(C)[C@@H]1C2.Cl. The summed E-state index contributed by atoms with van der Waals surface area (Å²) in [5.41, 5.74) is 0.416. The van der Waals surface area contributed by atoms with Crippen molar-refractivity contribution < 1.29 is 9.31 Å². The number of rotatable bonds is 1. The molecule has 0 aromatic rings. The molecule has 0 aromatic heterocycles. The zero-order valence-corrected chi connectivity index (χ0v) is 13.0. The monoisotopic (exact) mass is 285 g/mol. The van der Waals surface area contributed by atoms with Gasteiger partial charge in [-0.1, -0.05) is 13.8 Å². The van der Waals surface area contributed by atoms with Gasteiger partial charge in [-0.25, -0.2) is 0 Å². The molecule has 1 unspecified atom stereocenters. The van der Waals surface area contributed by atoms with Gasteiger partial charge in [0, 0.05) is 5.94 Å². The van der Waals surface area contributed by atoms with E-state index in [0.29, 0.717) is 23.4 Å². The molecular weight excluding hydrogens is 260 g/mol. The Hall–Kier alpha value is 0.235. The van der Waals surface area contributed by atoms with E-state index in [1.54, 1.807) is 0 Å². The molecule has 3 saturated carbocycles. The Balaban J connectivity index is 0.00000110. The second kappa shape index (κ2) is 4.36. The number of halogens is 1. The Bertz CT molecular complexity index is 374. The van der Waals surface area contributed by atoms with Crippen molar-refractivity contribution in [3.05, 3.63) is 0 Å². The first-order chi connectivity index (χ1) is 8.52. The van der Waals surface area contributed by atoms with Crippen molar-refractivity contribution in [2.24, 2.45) is 17.3 Å². The molecule has 108 valence electrons. The summed E-state index contributed by atoms with van der Waals surface area (Å²) in [7, 11) is -0.00218. The Morgan fingerprint density at radius 3 is 2.63 bits per heavy atom. The lowest BCUT2D eigenvalue weighted by molar-refractivity contribution is -0.199. The molecule has 2 aliphatic heterocycles.